The van der Waals surface area contributed by atoms with E-state index in [0.29, 0.717) is 0 Å². The zero-order valence-electron chi connectivity index (χ0n) is 14.3. The van der Waals surface area contributed by atoms with E-state index in [1.54, 1.807) is 0 Å². The average Bonchev–Trinajstić information content (AvgIpc) is 3.00. The van der Waals surface area contributed by atoms with E-state index in [-0.39, 0.29) is 0 Å². The van der Waals surface area contributed by atoms with E-state index >= 15 is 0 Å². The summed E-state index contributed by atoms with van der Waals surface area (Å²) in [5.74, 6) is 0.978. The molecule has 0 amide bonds. The maximum atomic E-state index is 6.22. The van der Waals surface area contributed by atoms with Gasteiger partial charge in [0.15, 0.2) is 0 Å². The Bertz CT molecular complexity index is 955. The molecule has 1 heteroatoms. The summed E-state index contributed by atoms with van der Waals surface area (Å²) in [6.45, 7) is 4.40. The highest BCUT2D eigenvalue weighted by Crippen LogP contribution is 2.33. The minimum atomic E-state index is 0.964. The van der Waals surface area contributed by atoms with Gasteiger partial charge in [0.1, 0.15) is 11.3 Å². The normalized spacial score (nSPS) is 11.4. The van der Waals surface area contributed by atoms with E-state index in [9.17, 15) is 0 Å². The van der Waals surface area contributed by atoms with Crippen molar-refractivity contribution >= 4 is 21.7 Å². The monoisotopic (exact) mass is 314 g/mol. The Morgan fingerprint density at radius 3 is 2.42 bits per heavy atom. The van der Waals surface area contributed by atoms with Gasteiger partial charge in [-0.2, -0.15) is 0 Å². The molecule has 1 nitrogen and oxygen atoms in total. The van der Waals surface area contributed by atoms with Crippen molar-refractivity contribution in [1.82, 2.24) is 0 Å². The van der Waals surface area contributed by atoms with Crippen molar-refractivity contribution in [3.8, 4) is 11.3 Å². The highest BCUT2D eigenvalue weighted by Gasteiger charge is 2.11. The lowest BCUT2D eigenvalue weighted by Gasteiger charge is -2.08. The van der Waals surface area contributed by atoms with Gasteiger partial charge in [-0.05, 0) is 54.3 Å². The van der Waals surface area contributed by atoms with Gasteiger partial charge < -0.3 is 4.42 Å². The van der Waals surface area contributed by atoms with Gasteiger partial charge in [0.05, 0.1) is 0 Å². The van der Waals surface area contributed by atoms with Gasteiger partial charge in [-0.15, -0.1) is 0 Å². The van der Waals surface area contributed by atoms with Gasteiger partial charge in [-0.3, -0.25) is 0 Å². The van der Waals surface area contributed by atoms with Crippen LogP contribution in [0.2, 0.25) is 0 Å². The molecule has 1 heterocycles. The predicted octanol–water partition coefficient (Wildman–Crippen LogP) is 6.90. The molecule has 0 fully saturated rings. The van der Waals surface area contributed by atoms with Crippen LogP contribution in [0.3, 0.4) is 0 Å². The molecule has 0 saturated heterocycles. The minimum Gasteiger partial charge on any atom is -0.456 e. The van der Waals surface area contributed by atoms with E-state index in [1.165, 1.54) is 45.7 Å². The number of aryl methyl sites for hydroxylation is 2. The van der Waals surface area contributed by atoms with Crippen molar-refractivity contribution in [2.24, 2.45) is 0 Å². The Hall–Kier alpha value is -2.54. The quantitative estimate of drug-likeness (QED) is 0.399. The first kappa shape index (κ1) is 15.0. The second-order valence-electron chi connectivity index (χ2n) is 6.61. The molecule has 0 aliphatic rings. The van der Waals surface area contributed by atoms with Crippen LogP contribution >= 0.6 is 0 Å². The molecule has 0 radical (unpaired) electrons. The van der Waals surface area contributed by atoms with Crippen LogP contribution in [0.15, 0.2) is 65.1 Å². The molecule has 3 aromatic carbocycles. The van der Waals surface area contributed by atoms with Gasteiger partial charge in [-0.25, -0.2) is 0 Å². The molecule has 0 N–H and O–H groups in total. The SMILES string of the molecule is CCCCc1cc(C)ccc1-c1cc2cc3ccccc3cc2o1. The van der Waals surface area contributed by atoms with Gasteiger partial charge in [-0.1, -0.05) is 61.4 Å². The van der Waals surface area contributed by atoms with Crippen LogP contribution in [-0.2, 0) is 6.42 Å². The third-order valence-corrected chi connectivity index (χ3v) is 4.71. The van der Waals surface area contributed by atoms with Crippen LogP contribution in [0.25, 0.3) is 33.1 Å². The Labute approximate surface area is 142 Å². The number of furan rings is 1. The van der Waals surface area contributed by atoms with Crippen LogP contribution in [0.1, 0.15) is 30.9 Å². The van der Waals surface area contributed by atoms with Crippen molar-refractivity contribution in [1.29, 1.82) is 0 Å². The lowest BCUT2D eigenvalue weighted by molar-refractivity contribution is 0.630. The molecular weight excluding hydrogens is 292 g/mol. The second-order valence-corrected chi connectivity index (χ2v) is 6.61. The Morgan fingerprint density at radius 1 is 0.833 bits per heavy atom. The molecule has 0 spiro atoms. The Morgan fingerprint density at radius 2 is 1.62 bits per heavy atom. The van der Waals surface area contributed by atoms with Crippen LogP contribution in [-0.4, -0.2) is 0 Å². The third kappa shape index (κ3) is 2.71. The Balaban J connectivity index is 1.85. The fraction of sp³-hybridized carbons (Fsp3) is 0.217. The topological polar surface area (TPSA) is 13.1 Å². The summed E-state index contributed by atoms with van der Waals surface area (Å²) in [6.07, 6.45) is 3.52. The van der Waals surface area contributed by atoms with E-state index in [4.69, 9.17) is 4.42 Å². The van der Waals surface area contributed by atoms with Crippen molar-refractivity contribution in [3.63, 3.8) is 0 Å². The second kappa shape index (κ2) is 6.16. The number of hydrogen-bond donors (Lipinski definition) is 0. The number of unbranched alkanes of at least 4 members (excludes halogenated alkanes) is 1. The molecule has 0 bridgehead atoms. The fourth-order valence-electron chi connectivity index (χ4n) is 3.40. The molecule has 1 aromatic heterocycles. The molecule has 0 aliphatic heterocycles. The largest absolute Gasteiger partial charge is 0.456 e. The van der Waals surface area contributed by atoms with Gasteiger partial charge in [0, 0.05) is 10.9 Å². The molecule has 24 heavy (non-hydrogen) atoms. The fourth-order valence-corrected chi connectivity index (χ4v) is 3.40. The van der Waals surface area contributed by atoms with Crippen LogP contribution in [0.5, 0.6) is 0 Å². The highest BCUT2D eigenvalue weighted by molar-refractivity contribution is 5.97. The van der Waals surface area contributed by atoms with E-state index < -0.39 is 0 Å². The summed E-state index contributed by atoms with van der Waals surface area (Å²) in [7, 11) is 0. The van der Waals surface area contributed by atoms with Gasteiger partial charge in [0.2, 0.25) is 0 Å². The maximum Gasteiger partial charge on any atom is 0.135 e. The summed E-state index contributed by atoms with van der Waals surface area (Å²) in [4.78, 5) is 0. The summed E-state index contributed by atoms with van der Waals surface area (Å²) in [5.41, 5.74) is 4.90. The van der Waals surface area contributed by atoms with Crippen molar-refractivity contribution in [2.45, 2.75) is 33.1 Å². The smallest absolute Gasteiger partial charge is 0.135 e. The molecule has 4 rings (SSSR count). The number of fused-ring (bicyclic) bond motifs is 2. The molecule has 0 aliphatic carbocycles. The lowest BCUT2D eigenvalue weighted by Crippen LogP contribution is -1.90. The average molecular weight is 314 g/mol. The van der Waals surface area contributed by atoms with Crippen molar-refractivity contribution in [3.05, 3.63) is 71.8 Å². The zero-order valence-corrected chi connectivity index (χ0v) is 14.3. The molecule has 4 aromatic rings. The molecule has 0 unspecified atom stereocenters. The predicted molar refractivity (Wildman–Crippen MR) is 103 cm³/mol. The van der Waals surface area contributed by atoms with Crippen molar-refractivity contribution in [2.75, 3.05) is 0 Å². The van der Waals surface area contributed by atoms with E-state index in [1.807, 2.05) is 0 Å². The highest BCUT2D eigenvalue weighted by atomic mass is 16.3. The molecule has 0 saturated carbocycles. The number of hydrogen-bond acceptors (Lipinski definition) is 1. The van der Waals surface area contributed by atoms with Gasteiger partial charge in [0.25, 0.3) is 0 Å². The van der Waals surface area contributed by atoms with Crippen LogP contribution in [0.4, 0.5) is 0 Å². The molecule has 120 valence electrons. The van der Waals surface area contributed by atoms with Crippen LogP contribution < -0.4 is 0 Å². The summed E-state index contributed by atoms with van der Waals surface area (Å²) >= 11 is 0. The number of rotatable bonds is 4. The molecule has 0 atom stereocenters. The van der Waals surface area contributed by atoms with E-state index in [0.717, 1.165) is 17.8 Å². The first-order chi connectivity index (χ1) is 11.7. The Kier molecular flexibility index (Phi) is 3.86. The first-order valence-corrected chi connectivity index (χ1v) is 8.77. The standard InChI is InChI=1S/C23H22O/c1-3-4-7-19-12-16(2)10-11-21(19)23-15-20-13-17-8-5-6-9-18(17)14-22(20)24-23/h5-6,8-15H,3-4,7H2,1-2H3. The first-order valence-electron chi connectivity index (χ1n) is 8.77. The van der Waals surface area contributed by atoms with Crippen LogP contribution in [0, 0.1) is 6.92 Å². The summed E-state index contributed by atoms with van der Waals surface area (Å²) in [6, 6.07) is 21.7. The summed E-state index contributed by atoms with van der Waals surface area (Å²) in [5, 5.41) is 3.65. The summed E-state index contributed by atoms with van der Waals surface area (Å²) < 4.78 is 6.22. The molecular formula is C23H22O. The minimum absolute atomic E-state index is 0.964. The maximum absolute atomic E-state index is 6.22. The lowest BCUT2D eigenvalue weighted by atomic mass is 9.98. The third-order valence-electron chi connectivity index (χ3n) is 4.71. The van der Waals surface area contributed by atoms with Gasteiger partial charge >= 0.3 is 0 Å². The van der Waals surface area contributed by atoms with E-state index in [2.05, 4.69) is 74.5 Å². The van der Waals surface area contributed by atoms with Crippen molar-refractivity contribution < 1.29 is 4.42 Å². The number of benzene rings is 3. The zero-order chi connectivity index (χ0) is 16.5.